The zero-order valence-electron chi connectivity index (χ0n) is 9.73. The maximum absolute atomic E-state index is 10.7. The van der Waals surface area contributed by atoms with Crippen molar-refractivity contribution < 1.29 is 14.6 Å². The average Bonchev–Trinajstić information content (AvgIpc) is 2.71. The van der Waals surface area contributed by atoms with E-state index in [0.717, 1.165) is 25.8 Å². The lowest BCUT2D eigenvalue weighted by Crippen LogP contribution is -2.16. The number of amides is 1. The van der Waals surface area contributed by atoms with Gasteiger partial charge in [-0.2, -0.15) is 0 Å². The molecular formula is C12H21NO3. The molecule has 0 aromatic carbocycles. The lowest BCUT2D eigenvalue weighted by atomic mass is 10.3. The highest BCUT2D eigenvalue weighted by Crippen LogP contribution is 2.08. The standard InChI is InChI=1S/C6H9NO.C6H12O2/c1-2-7-5-3-4-6(7)8;1-2-8-6-4-3-5-7/h2H,1,3-5H2;2,7H,1,3-6H2. The third kappa shape index (κ3) is 7.06. The number of rotatable bonds is 6. The number of aliphatic hydroxyl groups excluding tert-OH is 1. The first-order valence-corrected chi connectivity index (χ1v) is 5.51. The first kappa shape index (κ1) is 14.7. The third-order valence-electron chi connectivity index (χ3n) is 2.12. The maximum atomic E-state index is 10.7. The van der Waals surface area contributed by atoms with Crippen LogP contribution in [0.2, 0.25) is 0 Å². The Morgan fingerprint density at radius 2 is 2.19 bits per heavy atom. The zero-order valence-corrected chi connectivity index (χ0v) is 9.73. The Balaban J connectivity index is 0.000000281. The second-order valence-corrected chi connectivity index (χ2v) is 3.34. The number of carbonyl (C=O) groups is 1. The van der Waals surface area contributed by atoms with Crippen LogP contribution in [0, 0.1) is 0 Å². The smallest absolute Gasteiger partial charge is 0.226 e. The van der Waals surface area contributed by atoms with Crippen molar-refractivity contribution in [2.45, 2.75) is 25.7 Å². The molecular weight excluding hydrogens is 206 g/mol. The number of nitrogens with zero attached hydrogens (tertiary/aromatic N) is 1. The van der Waals surface area contributed by atoms with Crippen LogP contribution in [0.25, 0.3) is 0 Å². The molecule has 0 aromatic rings. The Labute approximate surface area is 97.2 Å². The van der Waals surface area contributed by atoms with Crippen molar-refractivity contribution in [3.8, 4) is 0 Å². The van der Waals surface area contributed by atoms with E-state index in [-0.39, 0.29) is 12.5 Å². The quantitative estimate of drug-likeness (QED) is 0.554. The van der Waals surface area contributed by atoms with Gasteiger partial charge in [-0.15, -0.1) is 0 Å². The molecule has 0 unspecified atom stereocenters. The van der Waals surface area contributed by atoms with E-state index in [9.17, 15) is 4.79 Å². The SMILES string of the molecule is C=CN1CCCC1=O.C=COCCCCO. The van der Waals surface area contributed by atoms with E-state index < -0.39 is 0 Å². The molecule has 1 heterocycles. The molecule has 1 aliphatic heterocycles. The summed E-state index contributed by atoms with van der Waals surface area (Å²) in [4.78, 5) is 12.3. The topological polar surface area (TPSA) is 49.8 Å². The summed E-state index contributed by atoms with van der Waals surface area (Å²) < 4.78 is 4.79. The maximum Gasteiger partial charge on any atom is 0.226 e. The van der Waals surface area contributed by atoms with Gasteiger partial charge in [-0.1, -0.05) is 13.2 Å². The Bertz CT molecular complexity index is 216. The predicted octanol–water partition coefficient (Wildman–Crippen LogP) is 1.67. The third-order valence-corrected chi connectivity index (χ3v) is 2.12. The Morgan fingerprint density at radius 3 is 2.56 bits per heavy atom. The number of aliphatic hydroxyl groups is 1. The van der Waals surface area contributed by atoms with Gasteiger partial charge in [0.1, 0.15) is 0 Å². The molecule has 4 nitrogen and oxygen atoms in total. The van der Waals surface area contributed by atoms with Gasteiger partial charge in [-0.05, 0) is 25.5 Å². The summed E-state index contributed by atoms with van der Waals surface area (Å²) in [6, 6.07) is 0. The molecule has 1 rings (SSSR count). The van der Waals surface area contributed by atoms with Gasteiger partial charge >= 0.3 is 0 Å². The minimum atomic E-state index is 0.208. The summed E-state index contributed by atoms with van der Waals surface area (Å²) >= 11 is 0. The normalized spacial score (nSPS) is 14.1. The molecule has 1 saturated heterocycles. The van der Waals surface area contributed by atoms with Crippen LogP contribution in [0.4, 0.5) is 0 Å². The van der Waals surface area contributed by atoms with Crippen molar-refractivity contribution in [1.82, 2.24) is 4.90 Å². The van der Waals surface area contributed by atoms with E-state index in [4.69, 9.17) is 9.84 Å². The van der Waals surface area contributed by atoms with Crippen molar-refractivity contribution in [2.75, 3.05) is 19.8 Å². The molecule has 1 amide bonds. The first-order chi connectivity index (χ1) is 7.76. The summed E-state index contributed by atoms with van der Waals surface area (Å²) in [6.45, 7) is 8.66. The highest BCUT2D eigenvalue weighted by Gasteiger charge is 2.15. The van der Waals surface area contributed by atoms with Crippen molar-refractivity contribution in [3.63, 3.8) is 0 Å². The van der Waals surface area contributed by atoms with E-state index in [0.29, 0.717) is 13.0 Å². The van der Waals surface area contributed by atoms with Gasteiger partial charge in [0.15, 0.2) is 0 Å². The number of hydrogen-bond donors (Lipinski definition) is 1. The van der Waals surface area contributed by atoms with Crippen LogP contribution in [-0.2, 0) is 9.53 Å². The summed E-state index contributed by atoms with van der Waals surface area (Å²) in [6.07, 6.45) is 6.42. The number of unbranched alkanes of at least 4 members (excludes halogenated alkanes) is 1. The molecule has 16 heavy (non-hydrogen) atoms. The second-order valence-electron chi connectivity index (χ2n) is 3.34. The highest BCUT2D eigenvalue weighted by molar-refractivity contribution is 5.78. The van der Waals surface area contributed by atoms with Crippen LogP contribution in [0.1, 0.15) is 25.7 Å². The lowest BCUT2D eigenvalue weighted by molar-refractivity contribution is -0.125. The molecule has 92 valence electrons. The molecule has 0 aromatic heterocycles. The molecule has 0 bridgehead atoms. The summed E-state index contributed by atoms with van der Waals surface area (Å²) in [7, 11) is 0. The Kier molecular flexibility index (Phi) is 9.41. The predicted molar refractivity (Wildman–Crippen MR) is 63.6 cm³/mol. The van der Waals surface area contributed by atoms with Gasteiger partial charge in [0, 0.05) is 19.6 Å². The van der Waals surface area contributed by atoms with Crippen LogP contribution in [0.5, 0.6) is 0 Å². The molecule has 0 spiro atoms. The van der Waals surface area contributed by atoms with Gasteiger partial charge in [0.25, 0.3) is 0 Å². The molecule has 0 saturated carbocycles. The Morgan fingerprint density at radius 1 is 1.44 bits per heavy atom. The summed E-state index contributed by atoms with van der Waals surface area (Å²) in [5, 5.41) is 8.28. The van der Waals surface area contributed by atoms with Crippen LogP contribution in [-0.4, -0.2) is 35.7 Å². The van der Waals surface area contributed by atoms with Crippen LogP contribution in [0.3, 0.4) is 0 Å². The molecule has 1 N–H and O–H groups in total. The summed E-state index contributed by atoms with van der Waals surface area (Å²) in [5.74, 6) is 0.208. The largest absolute Gasteiger partial charge is 0.502 e. The fraction of sp³-hybridized carbons (Fsp3) is 0.583. The monoisotopic (exact) mass is 227 g/mol. The van der Waals surface area contributed by atoms with Crippen molar-refractivity contribution in [3.05, 3.63) is 25.6 Å². The minimum absolute atomic E-state index is 0.208. The van der Waals surface area contributed by atoms with Crippen molar-refractivity contribution >= 4 is 5.91 Å². The molecule has 4 heteroatoms. The van der Waals surface area contributed by atoms with E-state index in [1.165, 1.54) is 6.26 Å². The Hall–Kier alpha value is -1.29. The number of likely N-dealkylation sites (tertiary alicyclic amines) is 1. The second kappa shape index (κ2) is 10.2. The van der Waals surface area contributed by atoms with E-state index in [2.05, 4.69) is 13.2 Å². The number of hydrogen-bond acceptors (Lipinski definition) is 3. The summed E-state index contributed by atoms with van der Waals surface area (Å²) in [5.41, 5.74) is 0. The number of carbonyl (C=O) groups excluding carboxylic acids is 1. The molecule has 1 aliphatic rings. The molecule has 0 atom stereocenters. The molecule has 0 aliphatic carbocycles. The van der Waals surface area contributed by atoms with Gasteiger partial charge < -0.3 is 14.7 Å². The average molecular weight is 227 g/mol. The van der Waals surface area contributed by atoms with Crippen LogP contribution >= 0.6 is 0 Å². The van der Waals surface area contributed by atoms with E-state index in [1.54, 1.807) is 11.1 Å². The van der Waals surface area contributed by atoms with Crippen LogP contribution in [0.15, 0.2) is 25.6 Å². The lowest BCUT2D eigenvalue weighted by Gasteiger charge is -2.05. The number of ether oxygens (including phenoxy) is 1. The van der Waals surface area contributed by atoms with E-state index >= 15 is 0 Å². The van der Waals surface area contributed by atoms with Gasteiger partial charge in [-0.25, -0.2) is 0 Å². The van der Waals surface area contributed by atoms with Crippen molar-refractivity contribution in [2.24, 2.45) is 0 Å². The highest BCUT2D eigenvalue weighted by atomic mass is 16.5. The fourth-order valence-corrected chi connectivity index (χ4v) is 1.24. The minimum Gasteiger partial charge on any atom is -0.502 e. The van der Waals surface area contributed by atoms with Gasteiger partial charge in [0.05, 0.1) is 12.9 Å². The van der Waals surface area contributed by atoms with Crippen LogP contribution < -0.4 is 0 Å². The van der Waals surface area contributed by atoms with Crippen molar-refractivity contribution in [1.29, 1.82) is 0 Å². The van der Waals surface area contributed by atoms with Gasteiger partial charge in [-0.3, -0.25) is 4.79 Å². The zero-order chi connectivity index (χ0) is 12.2. The molecule has 1 fully saturated rings. The van der Waals surface area contributed by atoms with E-state index in [1.807, 2.05) is 0 Å². The fourth-order valence-electron chi connectivity index (χ4n) is 1.24. The van der Waals surface area contributed by atoms with Gasteiger partial charge in [0.2, 0.25) is 5.91 Å². The first-order valence-electron chi connectivity index (χ1n) is 5.51. The molecule has 0 radical (unpaired) electrons.